The molecule has 0 radical (unpaired) electrons. The maximum absolute atomic E-state index is 4.97. The van der Waals surface area contributed by atoms with Gasteiger partial charge in [0.25, 0.3) is 0 Å². The molecule has 0 aliphatic heterocycles. The van der Waals surface area contributed by atoms with Gasteiger partial charge in [0.05, 0.1) is 6.26 Å². The van der Waals surface area contributed by atoms with E-state index in [0.29, 0.717) is 29.6 Å². The van der Waals surface area contributed by atoms with E-state index in [0.717, 1.165) is 11.1 Å². The molecule has 0 amide bonds. The fourth-order valence-electron chi connectivity index (χ4n) is 8.99. The van der Waals surface area contributed by atoms with Crippen LogP contribution in [0.5, 0.6) is 0 Å². The van der Waals surface area contributed by atoms with E-state index in [-0.39, 0.29) is 24.8 Å². The fraction of sp³-hybridized carbons (Fsp3) is 0.269. The second kappa shape index (κ2) is 18.3. The van der Waals surface area contributed by atoms with E-state index in [9.17, 15) is 0 Å². The molecule has 5 unspecified atom stereocenters. The van der Waals surface area contributed by atoms with Gasteiger partial charge in [-0.2, -0.15) is 29.2 Å². The zero-order valence-corrected chi connectivity index (χ0v) is 38.1. The van der Waals surface area contributed by atoms with Crippen LogP contribution in [0.3, 0.4) is 0 Å². The average Bonchev–Trinajstić information content (AvgIpc) is 3.96. The van der Waals surface area contributed by atoms with Crippen molar-refractivity contribution >= 4 is 19.6 Å². The van der Waals surface area contributed by atoms with Gasteiger partial charge in [0.2, 0.25) is 0 Å². The molecule has 286 valence electrons. The number of benzene rings is 5. The van der Waals surface area contributed by atoms with Crippen molar-refractivity contribution in [2.45, 2.75) is 74.1 Å². The van der Waals surface area contributed by atoms with Gasteiger partial charge in [-0.15, -0.1) is 17.2 Å². The van der Waals surface area contributed by atoms with E-state index in [2.05, 4.69) is 172 Å². The third-order valence-corrected chi connectivity index (χ3v) is 14.1. The van der Waals surface area contributed by atoms with E-state index >= 15 is 0 Å². The molecule has 0 bridgehead atoms. The molecule has 0 saturated carbocycles. The minimum atomic E-state index is 0. The number of allylic oxidation sites excluding steroid dienone is 4. The first-order valence-corrected chi connectivity index (χ1v) is 20.8. The molecular formula is C52H52Cl2OZr-2. The van der Waals surface area contributed by atoms with Crippen LogP contribution in [-0.2, 0) is 24.2 Å². The van der Waals surface area contributed by atoms with E-state index in [1.54, 1.807) is 40.7 Å². The van der Waals surface area contributed by atoms with Gasteiger partial charge in [-0.1, -0.05) is 118 Å². The normalized spacial score (nSPS) is 19.9. The van der Waals surface area contributed by atoms with Crippen LogP contribution >= 0.6 is 0 Å². The van der Waals surface area contributed by atoms with Gasteiger partial charge in [0, 0.05) is 6.26 Å². The van der Waals surface area contributed by atoms with Crippen molar-refractivity contribution in [2.24, 2.45) is 17.8 Å². The van der Waals surface area contributed by atoms with Gasteiger partial charge in [-0.25, -0.2) is 0 Å². The molecule has 0 fully saturated rings. The summed E-state index contributed by atoms with van der Waals surface area (Å²) in [5.41, 5.74) is 18.6. The predicted octanol–water partition coefficient (Wildman–Crippen LogP) is 7.71. The quantitative estimate of drug-likeness (QED) is 0.167. The first-order valence-electron chi connectivity index (χ1n) is 19.6. The Morgan fingerprint density at radius 1 is 0.714 bits per heavy atom. The molecule has 0 spiro atoms. The molecule has 5 atom stereocenters. The number of hydrogen-bond donors (Lipinski definition) is 0. The van der Waals surface area contributed by atoms with E-state index in [1.165, 1.54) is 77.2 Å². The number of halogens is 2. The molecule has 9 rings (SSSR count). The van der Waals surface area contributed by atoms with Crippen LogP contribution in [0.15, 0.2) is 126 Å². The summed E-state index contributed by atoms with van der Waals surface area (Å²) in [6.45, 7) is 21.2. The Balaban J connectivity index is 0.000000185. The van der Waals surface area contributed by atoms with Crippen molar-refractivity contribution in [3.05, 3.63) is 189 Å². The summed E-state index contributed by atoms with van der Waals surface area (Å²) >= 11 is 1.46. The first kappa shape index (κ1) is 43.4. The number of furan rings is 1. The van der Waals surface area contributed by atoms with Gasteiger partial charge in [0.15, 0.2) is 0 Å². The SMILES string of the molecule is CC1[C-]=C(c2ccoc2)C=C1.Cc1cc2c(c(C)c1C)C(C)c1c3c(c4ccccc4c1-2)C(C)C(C)C(C)[C-]3C.[Cl-].[Cl-].[Zr+2]=[C](c1ccccc1)c1ccccc1. The van der Waals surface area contributed by atoms with Crippen LogP contribution in [0.25, 0.3) is 27.5 Å². The van der Waals surface area contributed by atoms with Crippen molar-refractivity contribution in [3.8, 4) is 11.1 Å². The Labute approximate surface area is 362 Å². The van der Waals surface area contributed by atoms with E-state index in [4.69, 9.17) is 4.42 Å². The Bertz CT molecular complexity index is 2330. The summed E-state index contributed by atoms with van der Waals surface area (Å²) in [5, 5.41) is 2.93. The predicted molar refractivity (Wildman–Crippen MR) is 226 cm³/mol. The number of fused-ring (bicyclic) bond motifs is 8. The van der Waals surface area contributed by atoms with Crippen molar-refractivity contribution in [1.82, 2.24) is 0 Å². The van der Waals surface area contributed by atoms with Crippen LogP contribution in [-0.4, -0.2) is 3.21 Å². The molecule has 1 nitrogen and oxygen atoms in total. The van der Waals surface area contributed by atoms with Gasteiger partial charge >= 0.3 is 99.2 Å². The van der Waals surface area contributed by atoms with Crippen LogP contribution in [0.4, 0.5) is 0 Å². The molecule has 0 N–H and O–H groups in total. The molecule has 5 aromatic carbocycles. The molecule has 3 aliphatic rings. The summed E-state index contributed by atoms with van der Waals surface area (Å²) in [7, 11) is 0. The Morgan fingerprint density at radius 3 is 1.86 bits per heavy atom. The number of aryl methyl sites for hydroxylation is 1. The Hall–Kier alpha value is -3.68. The zero-order valence-electron chi connectivity index (χ0n) is 34.1. The van der Waals surface area contributed by atoms with Gasteiger partial charge in [-0.3, -0.25) is 0 Å². The summed E-state index contributed by atoms with van der Waals surface area (Å²) in [4.78, 5) is 0. The maximum atomic E-state index is 4.97. The summed E-state index contributed by atoms with van der Waals surface area (Å²) in [6.07, 6.45) is 10.9. The third kappa shape index (κ3) is 8.05. The average molecular weight is 855 g/mol. The molecular weight excluding hydrogens is 803 g/mol. The Kier molecular flexibility index (Phi) is 14.2. The van der Waals surface area contributed by atoms with Crippen molar-refractivity contribution in [3.63, 3.8) is 0 Å². The number of hydrogen-bond acceptors (Lipinski definition) is 1. The third-order valence-electron chi connectivity index (χ3n) is 12.6. The first-order chi connectivity index (χ1) is 26.0. The molecule has 0 saturated heterocycles. The van der Waals surface area contributed by atoms with Gasteiger partial charge in [-0.05, 0) is 59.9 Å². The van der Waals surface area contributed by atoms with E-state index < -0.39 is 0 Å². The van der Waals surface area contributed by atoms with Crippen LogP contribution in [0.2, 0.25) is 0 Å². The van der Waals surface area contributed by atoms with E-state index in [1.807, 2.05) is 6.07 Å². The summed E-state index contributed by atoms with van der Waals surface area (Å²) in [5.74, 6) is 4.38. The zero-order chi connectivity index (χ0) is 38.3. The monoisotopic (exact) mass is 852 g/mol. The standard InChI is InChI=1S/C29H33.C13H10.C10H9O.2ClH.Zr/c1-14-13-24-25(18(5)15(14)2)21(8)28-27-20(7)17(4)16(3)19(6)26(27)22-11-9-10-12-23(22)29(24)28;1-3-7-12(8-4-1)11-13-9-5-2-6-10-13;1-8-2-3-9(6-8)10-4-5-11-7-10;;;/h9-13,16-17,19,21H,1-8H3;1-10H;2-5,7-8H,1H3;2*1H;/q-1;;-1;;;+2/p-2. The molecule has 4 heteroatoms. The molecule has 6 aromatic rings. The second-order valence-corrected chi connectivity index (χ2v) is 16.9. The van der Waals surface area contributed by atoms with Crippen LogP contribution in [0.1, 0.15) is 109 Å². The topological polar surface area (TPSA) is 13.1 Å². The molecule has 1 aromatic heterocycles. The molecule has 56 heavy (non-hydrogen) atoms. The Morgan fingerprint density at radius 2 is 1.30 bits per heavy atom. The molecule has 1 heterocycles. The van der Waals surface area contributed by atoms with Gasteiger partial charge in [0.1, 0.15) is 0 Å². The van der Waals surface area contributed by atoms with Gasteiger partial charge < -0.3 is 29.2 Å². The number of rotatable bonds is 3. The minimum absolute atomic E-state index is 0. The second-order valence-electron chi connectivity index (χ2n) is 15.7. The summed E-state index contributed by atoms with van der Waals surface area (Å²) in [6, 6.07) is 34.7. The summed E-state index contributed by atoms with van der Waals surface area (Å²) < 4.78 is 6.38. The van der Waals surface area contributed by atoms with Crippen LogP contribution < -0.4 is 24.8 Å². The van der Waals surface area contributed by atoms with Crippen LogP contribution in [0, 0.1) is 50.5 Å². The molecule has 3 aliphatic carbocycles. The van der Waals surface area contributed by atoms with Crippen molar-refractivity contribution < 1.29 is 53.5 Å². The van der Waals surface area contributed by atoms with Crippen molar-refractivity contribution in [2.75, 3.05) is 0 Å². The fourth-order valence-corrected chi connectivity index (χ4v) is 9.81. The van der Waals surface area contributed by atoms with Crippen molar-refractivity contribution in [1.29, 1.82) is 0 Å².